The molecule has 1 saturated carbocycles. The number of benzene rings is 1. The molecule has 1 aromatic rings. The average molecular weight is 417 g/mol. The van der Waals surface area contributed by atoms with Gasteiger partial charge in [0.15, 0.2) is 6.61 Å². The van der Waals surface area contributed by atoms with E-state index in [4.69, 9.17) is 16.3 Å². The zero-order chi connectivity index (χ0) is 20.2. The van der Waals surface area contributed by atoms with Crippen LogP contribution in [0.2, 0.25) is 5.02 Å². The number of amides is 1. The van der Waals surface area contributed by atoms with Crippen molar-refractivity contribution in [1.29, 1.82) is 0 Å². The van der Waals surface area contributed by atoms with Crippen molar-refractivity contribution >= 4 is 33.5 Å². The van der Waals surface area contributed by atoms with Gasteiger partial charge in [-0.2, -0.15) is 4.31 Å². The second-order valence-electron chi connectivity index (χ2n) is 6.50. The SMILES string of the molecule is CCN(CC)S(=O)(=O)c1ccc(Cl)c(C(=O)OCC(=O)N[C@@H](C)C2CC2)c1. The van der Waals surface area contributed by atoms with E-state index >= 15 is 0 Å². The Morgan fingerprint density at radius 3 is 2.48 bits per heavy atom. The van der Waals surface area contributed by atoms with Gasteiger partial charge < -0.3 is 10.1 Å². The zero-order valence-electron chi connectivity index (χ0n) is 15.7. The zero-order valence-corrected chi connectivity index (χ0v) is 17.3. The molecule has 0 aromatic heterocycles. The molecule has 0 aliphatic heterocycles. The monoisotopic (exact) mass is 416 g/mol. The van der Waals surface area contributed by atoms with Crippen LogP contribution in [0.1, 0.15) is 44.0 Å². The molecule has 1 amide bonds. The molecule has 0 unspecified atom stereocenters. The number of hydrogen-bond donors (Lipinski definition) is 1. The van der Waals surface area contributed by atoms with Crippen molar-refractivity contribution in [2.45, 2.75) is 44.6 Å². The highest BCUT2D eigenvalue weighted by Crippen LogP contribution is 2.32. The van der Waals surface area contributed by atoms with Crippen molar-refractivity contribution in [2.75, 3.05) is 19.7 Å². The van der Waals surface area contributed by atoms with Crippen molar-refractivity contribution in [3.05, 3.63) is 28.8 Å². The van der Waals surface area contributed by atoms with Crippen LogP contribution in [0.3, 0.4) is 0 Å². The number of halogens is 1. The highest BCUT2D eigenvalue weighted by molar-refractivity contribution is 7.89. The van der Waals surface area contributed by atoms with Gasteiger partial charge in [0, 0.05) is 19.1 Å². The molecule has 0 radical (unpaired) electrons. The largest absolute Gasteiger partial charge is 0.452 e. The molecule has 7 nitrogen and oxygen atoms in total. The van der Waals surface area contributed by atoms with Crippen LogP contribution >= 0.6 is 11.6 Å². The Bertz CT molecular complexity index is 804. The van der Waals surface area contributed by atoms with E-state index in [1.807, 2.05) is 6.92 Å². The fraction of sp³-hybridized carbons (Fsp3) is 0.556. The first-order valence-electron chi connectivity index (χ1n) is 8.96. The maximum Gasteiger partial charge on any atom is 0.340 e. The summed E-state index contributed by atoms with van der Waals surface area (Å²) in [6.45, 7) is 5.54. The molecule has 1 aromatic carbocycles. The van der Waals surface area contributed by atoms with Crippen LogP contribution in [0.5, 0.6) is 0 Å². The fourth-order valence-electron chi connectivity index (χ4n) is 2.75. The lowest BCUT2D eigenvalue weighted by Gasteiger charge is -2.19. The van der Waals surface area contributed by atoms with Gasteiger partial charge >= 0.3 is 5.97 Å². The molecular formula is C18H25ClN2O5S. The van der Waals surface area contributed by atoms with Crippen molar-refractivity contribution in [1.82, 2.24) is 9.62 Å². The van der Waals surface area contributed by atoms with E-state index in [1.54, 1.807) is 13.8 Å². The van der Waals surface area contributed by atoms with E-state index in [0.29, 0.717) is 19.0 Å². The van der Waals surface area contributed by atoms with Gasteiger partial charge in [0.05, 0.1) is 15.5 Å². The molecular weight excluding hydrogens is 392 g/mol. The van der Waals surface area contributed by atoms with Gasteiger partial charge in [0.1, 0.15) is 0 Å². The molecule has 9 heteroatoms. The maximum absolute atomic E-state index is 12.6. The van der Waals surface area contributed by atoms with E-state index in [2.05, 4.69) is 5.32 Å². The third kappa shape index (κ3) is 5.43. The standard InChI is InChI=1S/C18H25ClN2O5S/c1-4-21(5-2)27(24,25)14-8-9-16(19)15(10-14)18(23)26-11-17(22)20-12(3)13-6-7-13/h8-10,12-13H,4-7,11H2,1-3H3,(H,20,22)/t12-/m0/s1. The summed E-state index contributed by atoms with van der Waals surface area (Å²) in [4.78, 5) is 24.1. The minimum absolute atomic E-state index is 0.0438. The van der Waals surface area contributed by atoms with Gasteiger partial charge in [-0.1, -0.05) is 25.4 Å². The van der Waals surface area contributed by atoms with Crippen LogP contribution in [0, 0.1) is 5.92 Å². The third-order valence-corrected chi connectivity index (χ3v) is 6.93. The smallest absolute Gasteiger partial charge is 0.340 e. The van der Waals surface area contributed by atoms with Crippen molar-refractivity contribution in [3.8, 4) is 0 Å². The lowest BCUT2D eigenvalue weighted by molar-refractivity contribution is -0.124. The molecule has 0 bridgehead atoms. The number of nitrogens with zero attached hydrogens (tertiary/aromatic N) is 1. The lowest BCUT2D eigenvalue weighted by Crippen LogP contribution is -2.37. The number of carbonyl (C=O) groups excluding carboxylic acids is 2. The number of esters is 1. The number of nitrogens with one attached hydrogen (secondary N) is 1. The van der Waals surface area contributed by atoms with E-state index in [9.17, 15) is 18.0 Å². The van der Waals surface area contributed by atoms with Gasteiger partial charge in [0.25, 0.3) is 5.91 Å². The van der Waals surface area contributed by atoms with Crippen LogP contribution < -0.4 is 5.32 Å². The summed E-state index contributed by atoms with van der Waals surface area (Å²) in [5.41, 5.74) is -0.0899. The molecule has 1 aliphatic rings. The van der Waals surface area contributed by atoms with E-state index in [0.717, 1.165) is 12.8 Å². The second-order valence-corrected chi connectivity index (χ2v) is 8.85. The molecule has 1 atom stereocenters. The number of ether oxygens (including phenoxy) is 1. The quantitative estimate of drug-likeness (QED) is 0.624. The summed E-state index contributed by atoms with van der Waals surface area (Å²) >= 11 is 6.03. The van der Waals surface area contributed by atoms with Gasteiger partial charge in [-0.3, -0.25) is 4.79 Å². The van der Waals surface area contributed by atoms with Crippen LogP contribution in [0.15, 0.2) is 23.1 Å². The van der Waals surface area contributed by atoms with Gasteiger partial charge in [-0.05, 0) is 43.9 Å². The molecule has 1 aliphatic carbocycles. The highest BCUT2D eigenvalue weighted by atomic mass is 35.5. The topological polar surface area (TPSA) is 92.8 Å². The Hall–Kier alpha value is -1.64. The summed E-state index contributed by atoms with van der Waals surface area (Å²) in [7, 11) is -3.74. The van der Waals surface area contributed by atoms with Gasteiger partial charge in [-0.25, -0.2) is 13.2 Å². The van der Waals surface area contributed by atoms with Crippen LogP contribution in [0.4, 0.5) is 0 Å². The number of sulfonamides is 1. The van der Waals surface area contributed by atoms with E-state index < -0.39 is 28.5 Å². The van der Waals surface area contributed by atoms with Crippen molar-refractivity contribution < 1.29 is 22.7 Å². The summed E-state index contributed by atoms with van der Waals surface area (Å²) in [6.07, 6.45) is 2.18. The van der Waals surface area contributed by atoms with Crippen LogP contribution in [-0.2, 0) is 19.6 Å². The van der Waals surface area contributed by atoms with Gasteiger partial charge in [-0.15, -0.1) is 0 Å². The normalized spacial score (nSPS) is 15.4. The Labute approximate surface area is 165 Å². The van der Waals surface area contributed by atoms with Crippen LogP contribution in [-0.4, -0.2) is 50.3 Å². The summed E-state index contributed by atoms with van der Waals surface area (Å²) in [5.74, 6) is -0.752. The Balaban J connectivity index is 2.08. The summed E-state index contributed by atoms with van der Waals surface area (Å²) in [6, 6.07) is 3.91. The minimum atomic E-state index is -3.74. The number of hydrogen-bond acceptors (Lipinski definition) is 5. The molecule has 2 rings (SSSR count). The molecule has 27 heavy (non-hydrogen) atoms. The first kappa shape index (κ1) is 21.7. The minimum Gasteiger partial charge on any atom is -0.452 e. The van der Waals surface area contributed by atoms with E-state index in [1.165, 1.54) is 22.5 Å². The predicted octanol–water partition coefficient (Wildman–Crippen LogP) is 2.44. The number of carbonyl (C=O) groups is 2. The third-order valence-electron chi connectivity index (χ3n) is 4.55. The summed E-state index contributed by atoms with van der Waals surface area (Å²) in [5, 5.41) is 2.84. The average Bonchev–Trinajstić information content (AvgIpc) is 3.45. The Kier molecular flexibility index (Phi) is 7.25. The number of rotatable bonds is 9. The lowest BCUT2D eigenvalue weighted by atomic mass is 10.2. The molecule has 0 heterocycles. The predicted molar refractivity (Wildman–Crippen MR) is 102 cm³/mol. The van der Waals surface area contributed by atoms with Crippen LogP contribution in [0.25, 0.3) is 0 Å². The second kappa shape index (κ2) is 9.03. The fourth-order valence-corrected chi connectivity index (χ4v) is 4.43. The molecule has 0 spiro atoms. The first-order valence-corrected chi connectivity index (χ1v) is 10.8. The molecule has 1 fully saturated rings. The Morgan fingerprint density at radius 2 is 1.93 bits per heavy atom. The Morgan fingerprint density at radius 1 is 1.30 bits per heavy atom. The van der Waals surface area contributed by atoms with E-state index in [-0.39, 0.29) is 21.5 Å². The maximum atomic E-state index is 12.6. The van der Waals surface area contributed by atoms with Gasteiger partial charge in [0.2, 0.25) is 10.0 Å². The molecule has 0 saturated heterocycles. The highest BCUT2D eigenvalue weighted by Gasteiger charge is 2.29. The molecule has 1 N–H and O–H groups in total. The molecule has 150 valence electrons. The summed E-state index contributed by atoms with van der Waals surface area (Å²) < 4.78 is 31.5. The van der Waals surface area contributed by atoms with Crippen molar-refractivity contribution in [3.63, 3.8) is 0 Å². The first-order chi connectivity index (χ1) is 12.7. The van der Waals surface area contributed by atoms with Crippen molar-refractivity contribution in [2.24, 2.45) is 5.92 Å².